The zero-order chi connectivity index (χ0) is 30.2. The SMILES string of the molecule is CCOc1ccc(COC(=O)N(Cc2cccc(F)c2)c2ccc3c(c2)C=CC(C)(CCc2ccc(OC)cc2)O3)cc1. The lowest BCUT2D eigenvalue weighted by atomic mass is 9.93. The molecule has 0 spiro atoms. The normalized spacial score (nSPS) is 15.3. The first-order chi connectivity index (χ1) is 20.8. The first-order valence-electron chi connectivity index (χ1n) is 14.4. The summed E-state index contributed by atoms with van der Waals surface area (Å²) in [6.45, 7) is 4.80. The fraction of sp³-hybridized carbons (Fsp3) is 0.250. The molecule has 0 radical (unpaired) electrons. The fourth-order valence-corrected chi connectivity index (χ4v) is 4.95. The lowest BCUT2D eigenvalue weighted by molar-refractivity contribution is 0.128. The number of halogens is 1. The van der Waals surface area contributed by atoms with Crippen LogP contribution >= 0.6 is 0 Å². The monoisotopic (exact) mass is 581 g/mol. The molecule has 0 aromatic heterocycles. The van der Waals surface area contributed by atoms with Gasteiger partial charge in [0.05, 0.1) is 20.3 Å². The van der Waals surface area contributed by atoms with E-state index in [0.717, 1.165) is 41.2 Å². The maximum Gasteiger partial charge on any atom is 0.414 e. The molecule has 222 valence electrons. The van der Waals surface area contributed by atoms with Gasteiger partial charge in [-0.2, -0.15) is 0 Å². The number of carbonyl (C=O) groups excluding carboxylic acids is 1. The van der Waals surface area contributed by atoms with Crippen molar-refractivity contribution in [2.75, 3.05) is 18.6 Å². The van der Waals surface area contributed by atoms with Crippen LogP contribution < -0.4 is 19.1 Å². The van der Waals surface area contributed by atoms with E-state index < -0.39 is 11.7 Å². The third-order valence-corrected chi connectivity index (χ3v) is 7.38. The topological polar surface area (TPSA) is 57.2 Å². The van der Waals surface area contributed by atoms with E-state index in [2.05, 4.69) is 25.1 Å². The number of ether oxygens (including phenoxy) is 4. The minimum absolute atomic E-state index is 0.0887. The number of amides is 1. The average Bonchev–Trinajstić information content (AvgIpc) is 3.02. The smallest absolute Gasteiger partial charge is 0.414 e. The molecule has 1 aliphatic heterocycles. The molecule has 4 aromatic carbocycles. The molecule has 1 unspecified atom stereocenters. The zero-order valence-corrected chi connectivity index (χ0v) is 24.7. The maximum atomic E-state index is 14.0. The predicted molar refractivity (Wildman–Crippen MR) is 166 cm³/mol. The van der Waals surface area contributed by atoms with Crippen molar-refractivity contribution < 1.29 is 28.1 Å². The van der Waals surface area contributed by atoms with Gasteiger partial charge in [0.1, 0.15) is 35.3 Å². The van der Waals surface area contributed by atoms with Crippen molar-refractivity contribution in [3.8, 4) is 17.2 Å². The van der Waals surface area contributed by atoms with Crippen LogP contribution in [0.1, 0.15) is 42.5 Å². The van der Waals surface area contributed by atoms with Gasteiger partial charge in [0.2, 0.25) is 0 Å². The van der Waals surface area contributed by atoms with Crippen LogP contribution in [0, 0.1) is 5.82 Å². The standard InChI is InChI=1S/C36H36FNO5/c1-4-41-33-15-10-27(11-16-33)25-42-35(39)38(24-28-6-5-7-30(37)22-28)31-12-17-34-29(23-31)19-21-36(2,43-34)20-18-26-8-13-32(40-3)14-9-26/h5-17,19,21-23H,4,18,20,24-25H2,1-3H3. The van der Waals surface area contributed by atoms with Crippen LogP contribution in [0.5, 0.6) is 17.2 Å². The molecule has 1 amide bonds. The molecular weight excluding hydrogens is 545 g/mol. The van der Waals surface area contributed by atoms with Crippen LogP contribution in [0.4, 0.5) is 14.9 Å². The van der Waals surface area contributed by atoms with Crippen LogP contribution in [-0.4, -0.2) is 25.4 Å². The van der Waals surface area contributed by atoms with E-state index >= 15 is 0 Å². The number of carbonyl (C=O) groups is 1. The molecule has 1 heterocycles. The molecule has 43 heavy (non-hydrogen) atoms. The quantitative estimate of drug-likeness (QED) is 0.178. The zero-order valence-electron chi connectivity index (χ0n) is 24.7. The highest BCUT2D eigenvalue weighted by atomic mass is 19.1. The number of benzene rings is 4. The summed E-state index contributed by atoms with van der Waals surface area (Å²) in [5, 5.41) is 0. The van der Waals surface area contributed by atoms with E-state index in [1.807, 2.05) is 67.6 Å². The highest BCUT2D eigenvalue weighted by Gasteiger charge is 2.28. The van der Waals surface area contributed by atoms with Gasteiger partial charge in [0.15, 0.2) is 0 Å². The Hall–Kier alpha value is -4.78. The van der Waals surface area contributed by atoms with Crippen molar-refractivity contribution in [1.29, 1.82) is 0 Å². The number of fused-ring (bicyclic) bond motifs is 1. The van der Waals surface area contributed by atoms with Crippen molar-refractivity contribution in [3.63, 3.8) is 0 Å². The second kappa shape index (κ2) is 13.5. The molecule has 1 atom stereocenters. The van der Waals surface area contributed by atoms with E-state index in [-0.39, 0.29) is 19.0 Å². The van der Waals surface area contributed by atoms with E-state index in [9.17, 15) is 9.18 Å². The van der Waals surface area contributed by atoms with Crippen molar-refractivity contribution in [3.05, 3.63) is 125 Å². The Morgan fingerprint density at radius 2 is 1.65 bits per heavy atom. The van der Waals surface area contributed by atoms with Crippen molar-refractivity contribution in [1.82, 2.24) is 0 Å². The third kappa shape index (κ3) is 7.74. The first kappa shape index (κ1) is 29.7. The second-order valence-electron chi connectivity index (χ2n) is 10.7. The summed E-state index contributed by atoms with van der Waals surface area (Å²) in [5.41, 5.74) is 3.67. The van der Waals surface area contributed by atoms with E-state index in [1.54, 1.807) is 19.2 Å². The highest BCUT2D eigenvalue weighted by Crippen LogP contribution is 2.36. The number of hydrogen-bond donors (Lipinski definition) is 0. The summed E-state index contributed by atoms with van der Waals surface area (Å²) < 4.78 is 36.9. The number of rotatable bonds is 11. The lowest BCUT2D eigenvalue weighted by Gasteiger charge is -2.32. The minimum Gasteiger partial charge on any atom is -0.497 e. The van der Waals surface area contributed by atoms with Gasteiger partial charge in [-0.1, -0.05) is 42.5 Å². The summed E-state index contributed by atoms with van der Waals surface area (Å²) >= 11 is 0. The van der Waals surface area contributed by atoms with E-state index in [1.165, 1.54) is 22.6 Å². The molecule has 4 aromatic rings. The first-order valence-corrected chi connectivity index (χ1v) is 14.4. The average molecular weight is 582 g/mol. The van der Waals surface area contributed by atoms with E-state index in [0.29, 0.717) is 17.9 Å². The van der Waals surface area contributed by atoms with Gasteiger partial charge in [-0.05, 0) is 104 Å². The molecule has 6 nitrogen and oxygen atoms in total. The molecule has 0 saturated heterocycles. The van der Waals surface area contributed by atoms with Gasteiger partial charge in [0, 0.05) is 11.3 Å². The van der Waals surface area contributed by atoms with Gasteiger partial charge in [-0.15, -0.1) is 0 Å². The summed E-state index contributed by atoms with van der Waals surface area (Å²) in [6, 6.07) is 27.3. The number of aryl methyl sites for hydroxylation is 1. The van der Waals surface area contributed by atoms with Crippen LogP contribution in [0.2, 0.25) is 0 Å². The van der Waals surface area contributed by atoms with Crippen LogP contribution in [0.25, 0.3) is 6.08 Å². The maximum absolute atomic E-state index is 14.0. The molecule has 0 N–H and O–H groups in total. The summed E-state index contributed by atoms with van der Waals surface area (Å²) in [6.07, 6.45) is 5.19. The molecule has 5 rings (SSSR count). The highest BCUT2D eigenvalue weighted by molar-refractivity contribution is 5.88. The molecule has 1 aliphatic rings. The number of anilines is 1. The van der Waals surface area contributed by atoms with Crippen LogP contribution in [0.15, 0.2) is 97.1 Å². The molecule has 0 aliphatic carbocycles. The Kier molecular flexibility index (Phi) is 9.30. The summed E-state index contributed by atoms with van der Waals surface area (Å²) in [7, 11) is 1.66. The van der Waals surface area contributed by atoms with Crippen molar-refractivity contribution >= 4 is 17.9 Å². The molecule has 0 fully saturated rings. The van der Waals surface area contributed by atoms with Gasteiger partial charge in [0.25, 0.3) is 0 Å². The van der Waals surface area contributed by atoms with E-state index in [4.69, 9.17) is 18.9 Å². The van der Waals surface area contributed by atoms with Gasteiger partial charge in [-0.25, -0.2) is 9.18 Å². The number of hydrogen-bond acceptors (Lipinski definition) is 5. The Bertz CT molecular complexity index is 1570. The Labute approximate surface area is 252 Å². The second-order valence-corrected chi connectivity index (χ2v) is 10.7. The Morgan fingerprint density at radius 1 is 0.907 bits per heavy atom. The lowest BCUT2D eigenvalue weighted by Crippen LogP contribution is -2.33. The van der Waals surface area contributed by atoms with Crippen LogP contribution in [0.3, 0.4) is 0 Å². The molecular formula is C36H36FNO5. The Morgan fingerprint density at radius 3 is 2.37 bits per heavy atom. The third-order valence-electron chi connectivity index (χ3n) is 7.38. The fourth-order valence-electron chi connectivity index (χ4n) is 4.95. The van der Waals surface area contributed by atoms with Crippen molar-refractivity contribution in [2.24, 2.45) is 0 Å². The Balaban J connectivity index is 1.31. The van der Waals surface area contributed by atoms with Gasteiger partial charge in [-0.3, -0.25) is 4.90 Å². The number of methoxy groups -OCH3 is 1. The van der Waals surface area contributed by atoms with Gasteiger partial charge < -0.3 is 18.9 Å². The molecule has 0 saturated carbocycles. The largest absolute Gasteiger partial charge is 0.497 e. The van der Waals surface area contributed by atoms with Crippen molar-refractivity contribution in [2.45, 2.75) is 45.4 Å². The summed E-state index contributed by atoms with van der Waals surface area (Å²) in [5.74, 6) is 1.96. The molecule has 0 bridgehead atoms. The summed E-state index contributed by atoms with van der Waals surface area (Å²) in [4.78, 5) is 14.9. The van der Waals surface area contributed by atoms with Crippen LogP contribution in [-0.2, 0) is 24.3 Å². The molecule has 7 heteroatoms. The number of nitrogens with zero attached hydrogens (tertiary/aromatic N) is 1. The van der Waals surface area contributed by atoms with Gasteiger partial charge >= 0.3 is 6.09 Å². The minimum atomic E-state index is -0.539. The predicted octanol–water partition coefficient (Wildman–Crippen LogP) is 8.37.